The van der Waals surface area contributed by atoms with Crippen LogP contribution in [0.15, 0.2) is 59.8 Å². The lowest BCUT2D eigenvalue weighted by molar-refractivity contribution is 0.174. The van der Waals surface area contributed by atoms with Crippen molar-refractivity contribution in [2.45, 2.75) is 38.1 Å². The first-order valence-electron chi connectivity index (χ1n) is 10.3. The highest BCUT2D eigenvalue weighted by Gasteiger charge is 2.30. The highest BCUT2D eigenvalue weighted by atomic mass is 32.2. The molecule has 0 saturated heterocycles. The van der Waals surface area contributed by atoms with E-state index in [1.165, 1.54) is 30.6 Å². The molecule has 0 saturated carbocycles. The van der Waals surface area contributed by atoms with Gasteiger partial charge < -0.3 is 10.4 Å². The van der Waals surface area contributed by atoms with Crippen molar-refractivity contribution in [3.8, 4) is 23.4 Å². The van der Waals surface area contributed by atoms with Crippen LogP contribution in [0.2, 0.25) is 0 Å². The maximum absolute atomic E-state index is 13.7. The number of nitriles is 2. The molecule has 1 amide bonds. The lowest BCUT2D eigenvalue weighted by Gasteiger charge is -2.30. The Bertz CT molecular complexity index is 1420. The Balaban J connectivity index is 2.25. The fourth-order valence-electron chi connectivity index (χ4n) is 3.55. The van der Waals surface area contributed by atoms with Crippen molar-refractivity contribution in [3.05, 3.63) is 71.7 Å². The number of carbonyl (C=O) groups is 1. The molecule has 2 aromatic heterocycles. The zero-order valence-corrected chi connectivity index (χ0v) is 19.7. The molecule has 0 aliphatic carbocycles. The predicted octanol–water partition coefficient (Wildman–Crippen LogP) is 3.76. The van der Waals surface area contributed by atoms with Crippen LogP contribution in [0.1, 0.15) is 37.6 Å². The highest BCUT2D eigenvalue weighted by Crippen LogP contribution is 2.31. The number of amides is 1. The Kier molecular flexibility index (Phi) is 6.75. The van der Waals surface area contributed by atoms with E-state index < -0.39 is 27.6 Å². The summed E-state index contributed by atoms with van der Waals surface area (Å²) in [5.41, 5.74) is 0.584. The summed E-state index contributed by atoms with van der Waals surface area (Å²) in [5, 5.41) is 30.8. The van der Waals surface area contributed by atoms with Crippen LogP contribution in [0.3, 0.4) is 0 Å². The molecule has 0 bridgehead atoms. The molecular weight excluding hydrogens is 454 g/mol. The van der Waals surface area contributed by atoms with Crippen molar-refractivity contribution in [3.63, 3.8) is 0 Å². The molecule has 2 N–H and O–H groups in total. The number of nitrogens with one attached hydrogen (secondary N) is 1. The fraction of sp³-hybridized carbons (Fsp3) is 0.250. The summed E-state index contributed by atoms with van der Waals surface area (Å²) in [6.45, 7) is 5.63. The van der Waals surface area contributed by atoms with E-state index in [1.54, 1.807) is 24.3 Å². The maximum atomic E-state index is 13.7. The van der Waals surface area contributed by atoms with Crippen LogP contribution >= 0.6 is 0 Å². The van der Waals surface area contributed by atoms with Crippen LogP contribution in [-0.2, 0) is 16.4 Å². The molecule has 0 fully saturated rings. The van der Waals surface area contributed by atoms with Gasteiger partial charge in [0.05, 0.1) is 11.3 Å². The first kappa shape index (κ1) is 24.5. The summed E-state index contributed by atoms with van der Waals surface area (Å²) in [6, 6.07) is 14.0. The molecule has 3 rings (SSSR count). The summed E-state index contributed by atoms with van der Waals surface area (Å²) >= 11 is 0. The van der Waals surface area contributed by atoms with E-state index in [1.807, 2.05) is 32.9 Å². The standard InChI is InChI=1S/C24H23N5O4S/c1-24(2,3)22(28-23(30)31)12-16-11-20(18-8-6-10-27-19(18)14-26)29(15-16)34(32,33)21-9-5-4-7-17(21)13-25/h4-11,15,22,28H,12H2,1-3H3,(H,30,31). The molecule has 3 aromatic rings. The van der Waals surface area contributed by atoms with Crippen molar-refractivity contribution in [1.82, 2.24) is 14.3 Å². The Hall–Kier alpha value is -4.15. The average molecular weight is 478 g/mol. The molecule has 1 aromatic carbocycles. The third kappa shape index (κ3) is 4.92. The second-order valence-electron chi connectivity index (χ2n) is 8.73. The van der Waals surface area contributed by atoms with Gasteiger partial charge in [-0.1, -0.05) is 32.9 Å². The second kappa shape index (κ2) is 9.38. The van der Waals surface area contributed by atoms with E-state index in [4.69, 9.17) is 0 Å². The van der Waals surface area contributed by atoms with Gasteiger partial charge in [0, 0.05) is 24.0 Å². The van der Waals surface area contributed by atoms with Gasteiger partial charge in [0.1, 0.15) is 22.7 Å². The first-order valence-corrected chi connectivity index (χ1v) is 11.7. The lowest BCUT2D eigenvalue weighted by Crippen LogP contribution is -2.44. The second-order valence-corrected chi connectivity index (χ2v) is 10.5. The Morgan fingerprint density at radius 3 is 2.50 bits per heavy atom. The number of benzene rings is 1. The van der Waals surface area contributed by atoms with Crippen LogP contribution in [0, 0.1) is 28.1 Å². The number of pyridine rings is 1. The molecule has 1 unspecified atom stereocenters. The third-order valence-corrected chi connectivity index (χ3v) is 7.09. The van der Waals surface area contributed by atoms with E-state index in [2.05, 4.69) is 10.3 Å². The van der Waals surface area contributed by atoms with Gasteiger partial charge in [0.25, 0.3) is 10.0 Å². The predicted molar refractivity (Wildman–Crippen MR) is 124 cm³/mol. The molecule has 1 atom stereocenters. The summed E-state index contributed by atoms with van der Waals surface area (Å²) in [6.07, 6.45) is 1.85. The van der Waals surface area contributed by atoms with Gasteiger partial charge in [-0.05, 0) is 47.7 Å². The van der Waals surface area contributed by atoms with Gasteiger partial charge in [-0.25, -0.2) is 22.2 Å². The van der Waals surface area contributed by atoms with Gasteiger partial charge in [-0.15, -0.1) is 0 Å². The zero-order chi connectivity index (χ0) is 25.1. The van der Waals surface area contributed by atoms with E-state index in [0.717, 1.165) is 3.97 Å². The van der Waals surface area contributed by atoms with E-state index in [-0.39, 0.29) is 28.3 Å². The minimum atomic E-state index is -4.24. The molecule has 0 spiro atoms. The highest BCUT2D eigenvalue weighted by molar-refractivity contribution is 7.90. The number of hydrogen-bond donors (Lipinski definition) is 2. The summed E-state index contributed by atoms with van der Waals surface area (Å²) in [4.78, 5) is 15.2. The number of nitrogens with zero attached hydrogens (tertiary/aromatic N) is 4. The molecule has 10 heteroatoms. The molecule has 34 heavy (non-hydrogen) atoms. The van der Waals surface area contributed by atoms with Gasteiger partial charge in [0.2, 0.25) is 0 Å². The molecule has 0 aliphatic rings. The van der Waals surface area contributed by atoms with Crippen molar-refractivity contribution in [1.29, 1.82) is 10.5 Å². The van der Waals surface area contributed by atoms with Crippen LogP contribution in [0.5, 0.6) is 0 Å². The summed E-state index contributed by atoms with van der Waals surface area (Å²) < 4.78 is 28.4. The summed E-state index contributed by atoms with van der Waals surface area (Å²) in [7, 11) is -4.24. The molecule has 174 valence electrons. The van der Waals surface area contributed by atoms with Crippen molar-refractivity contribution in [2.24, 2.45) is 5.41 Å². The Morgan fingerprint density at radius 2 is 1.88 bits per heavy atom. The van der Waals surface area contributed by atoms with Crippen LogP contribution in [-0.4, -0.2) is 34.6 Å². The minimum absolute atomic E-state index is 0.0181. The molecule has 2 heterocycles. The fourth-order valence-corrected chi connectivity index (χ4v) is 5.09. The molecule has 0 radical (unpaired) electrons. The molecular formula is C24H23N5O4S. The third-order valence-electron chi connectivity index (χ3n) is 5.36. The Morgan fingerprint density at radius 1 is 1.18 bits per heavy atom. The average Bonchev–Trinajstić information content (AvgIpc) is 3.22. The van der Waals surface area contributed by atoms with Gasteiger partial charge in [-0.3, -0.25) is 0 Å². The smallest absolute Gasteiger partial charge is 0.404 e. The monoisotopic (exact) mass is 477 g/mol. The number of hydrogen-bond acceptors (Lipinski definition) is 6. The SMILES string of the molecule is CC(C)(C)C(Cc1cc(-c2cccnc2C#N)n(S(=O)(=O)c2ccccc2C#N)c1)NC(=O)O. The first-order chi connectivity index (χ1) is 16.0. The quantitative estimate of drug-likeness (QED) is 0.549. The van der Waals surface area contributed by atoms with Crippen molar-refractivity contribution in [2.75, 3.05) is 0 Å². The van der Waals surface area contributed by atoms with E-state index >= 15 is 0 Å². The lowest BCUT2D eigenvalue weighted by atomic mass is 9.83. The van der Waals surface area contributed by atoms with Gasteiger partial charge in [-0.2, -0.15) is 10.5 Å². The topological polar surface area (TPSA) is 149 Å². The Labute approximate surface area is 198 Å². The molecule has 0 aliphatic heterocycles. The number of carboxylic acid groups (broad SMARTS) is 1. The van der Waals surface area contributed by atoms with E-state index in [0.29, 0.717) is 11.1 Å². The normalized spacial score (nSPS) is 12.4. The largest absolute Gasteiger partial charge is 0.465 e. The van der Waals surface area contributed by atoms with Crippen LogP contribution < -0.4 is 5.32 Å². The van der Waals surface area contributed by atoms with Gasteiger partial charge in [0.15, 0.2) is 0 Å². The molecule has 9 nitrogen and oxygen atoms in total. The van der Waals surface area contributed by atoms with Crippen molar-refractivity contribution >= 4 is 16.1 Å². The zero-order valence-electron chi connectivity index (χ0n) is 18.8. The van der Waals surface area contributed by atoms with Gasteiger partial charge >= 0.3 is 6.09 Å². The van der Waals surface area contributed by atoms with E-state index in [9.17, 15) is 28.8 Å². The number of aromatic nitrogens is 2. The van der Waals surface area contributed by atoms with Crippen LogP contribution in [0.4, 0.5) is 4.79 Å². The maximum Gasteiger partial charge on any atom is 0.404 e. The van der Waals surface area contributed by atoms with Crippen molar-refractivity contribution < 1.29 is 18.3 Å². The number of rotatable bonds is 6. The summed E-state index contributed by atoms with van der Waals surface area (Å²) in [5.74, 6) is 0. The van der Waals surface area contributed by atoms with Crippen LogP contribution in [0.25, 0.3) is 11.3 Å². The minimum Gasteiger partial charge on any atom is -0.465 e.